The van der Waals surface area contributed by atoms with Crippen LogP contribution in [0.4, 0.5) is 0 Å². The van der Waals surface area contributed by atoms with Crippen LogP contribution in [0.1, 0.15) is 16.2 Å². The van der Waals surface area contributed by atoms with Gasteiger partial charge in [0.15, 0.2) is 11.5 Å². The van der Waals surface area contributed by atoms with Crippen molar-refractivity contribution in [3.63, 3.8) is 0 Å². The minimum absolute atomic E-state index is 0.169. The summed E-state index contributed by atoms with van der Waals surface area (Å²) in [4.78, 5) is 15.4. The minimum Gasteiger partial charge on any atom is -0.478 e. The van der Waals surface area contributed by atoms with Crippen LogP contribution in [0, 0.1) is 6.92 Å². The lowest BCUT2D eigenvalue weighted by Gasteiger charge is -1.98. The number of carboxylic acid groups (broad SMARTS) is 1. The van der Waals surface area contributed by atoms with Gasteiger partial charge in [0, 0.05) is 25.7 Å². The molecule has 2 aromatic heterocycles. The van der Waals surface area contributed by atoms with E-state index in [-0.39, 0.29) is 5.56 Å². The number of hydrogen-bond acceptors (Lipinski definition) is 4. The lowest BCUT2D eigenvalue weighted by molar-refractivity contribution is 0.0697. The van der Waals surface area contributed by atoms with E-state index in [1.165, 1.54) is 10.9 Å². The van der Waals surface area contributed by atoms with Crippen molar-refractivity contribution in [1.29, 1.82) is 0 Å². The zero-order valence-electron chi connectivity index (χ0n) is 10.4. The molecule has 0 aliphatic heterocycles. The van der Waals surface area contributed by atoms with Gasteiger partial charge in [-0.05, 0) is 18.2 Å². The molecule has 96 valence electrons. The summed E-state index contributed by atoms with van der Waals surface area (Å²) in [6, 6.07) is 5.33. The highest BCUT2D eigenvalue weighted by molar-refractivity contribution is 5.95. The van der Waals surface area contributed by atoms with Gasteiger partial charge in [-0.1, -0.05) is 0 Å². The number of rotatable bonds is 2. The molecule has 0 atom stereocenters. The van der Waals surface area contributed by atoms with E-state index in [4.69, 9.17) is 4.42 Å². The van der Waals surface area contributed by atoms with E-state index in [0.717, 1.165) is 0 Å². The Morgan fingerprint density at radius 1 is 1.42 bits per heavy atom. The third-order valence-electron chi connectivity index (χ3n) is 2.83. The van der Waals surface area contributed by atoms with Gasteiger partial charge in [0.05, 0.1) is 0 Å². The quantitative estimate of drug-likeness (QED) is 0.761. The second-order valence-corrected chi connectivity index (χ2v) is 4.29. The average Bonchev–Trinajstić information content (AvgIpc) is 2.89. The van der Waals surface area contributed by atoms with Crippen LogP contribution < -0.4 is 0 Å². The molecule has 6 heteroatoms. The average molecular weight is 257 g/mol. The number of oxazole rings is 1. The monoisotopic (exact) mass is 257 g/mol. The predicted molar refractivity (Wildman–Crippen MR) is 67.9 cm³/mol. The van der Waals surface area contributed by atoms with E-state index < -0.39 is 5.97 Å². The molecule has 0 unspecified atom stereocenters. The number of carbonyl (C=O) groups is 1. The maximum atomic E-state index is 11.2. The van der Waals surface area contributed by atoms with Crippen LogP contribution in [-0.4, -0.2) is 25.8 Å². The van der Waals surface area contributed by atoms with Gasteiger partial charge in [0.25, 0.3) is 0 Å². The van der Waals surface area contributed by atoms with Gasteiger partial charge in [0.1, 0.15) is 16.8 Å². The molecule has 0 fully saturated rings. The van der Waals surface area contributed by atoms with Crippen molar-refractivity contribution < 1.29 is 14.3 Å². The Hall–Kier alpha value is -2.63. The summed E-state index contributed by atoms with van der Waals surface area (Å²) < 4.78 is 6.87. The summed E-state index contributed by atoms with van der Waals surface area (Å²) in [7, 11) is 1.69. The number of carboxylic acids is 1. The first-order chi connectivity index (χ1) is 9.04. The van der Waals surface area contributed by atoms with E-state index in [2.05, 4.69) is 10.1 Å². The molecule has 1 aromatic carbocycles. The zero-order chi connectivity index (χ0) is 13.6. The molecular weight excluding hydrogens is 246 g/mol. The molecule has 0 bridgehead atoms. The standard InChI is InChI=1S/C13H11N3O3/c1-7-14-10-5-8(3-4-11(10)19-7)12-9(13(17)18)6-16(2)15-12/h3-6H,1-2H3,(H,17,18). The van der Waals surface area contributed by atoms with Crippen LogP contribution in [0.3, 0.4) is 0 Å². The summed E-state index contributed by atoms with van der Waals surface area (Å²) in [6.45, 7) is 1.77. The van der Waals surface area contributed by atoms with Crippen LogP contribution in [-0.2, 0) is 7.05 Å². The second kappa shape index (κ2) is 3.94. The largest absolute Gasteiger partial charge is 0.478 e. The third-order valence-corrected chi connectivity index (χ3v) is 2.83. The van der Waals surface area contributed by atoms with Crippen molar-refractivity contribution >= 4 is 17.1 Å². The molecular formula is C13H11N3O3. The van der Waals surface area contributed by atoms with Crippen molar-refractivity contribution in [1.82, 2.24) is 14.8 Å². The van der Waals surface area contributed by atoms with Gasteiger partial charge < -0.3 is 9.52 Å². The summed E-state index contributed by atoms with van der Waals surface area (Å²) in [5.74, 6) is -0.425. The Balaban J connectivity index is 2.20. The highest BCUT2D eigenvalue weighted by atomic mass is 16.4. The maximum absolute atomic E-state index is 11.2. The lowest BCUT2D eigenvalue weighted by atomic mass is 10.1. The molecule has 3 rings (SSSR count). The molecule has 6 nitrogen and oxygen atoms in total. The lowest BCUT2D eigenvalue weighted by Crippen LogP contribution is -1.96. The van der Waals surface area contributed by atoms with Crippen molar-refractivity contribution in [3.8, 4) is 11.3 Å². The van der Waals surface area contributed by atoms with Gasteiger partial charge in [-0.2, -0.15) is 5.10 Å². The van der Waals surface area contributed by atoms with Crippen LogP contribution >= 0.6 is 0 Å². The first-order valence-corrected chi connectivity index (χ1v) is 5.69. The Bertz CT molecular complexity index is 786. The fraction of sp³-hybridized carbons (Fsp3) is 0.154. The van der Waals surface area contributed by atoms with E-state index in [9.17, 15) is 9.90 Å². The SMILES string of the molecule is Cc1nc2cc(-c3nn(C)cc3C(=O)O)ccc2o1. The first-order valence-electron chi connectivity index (χ1n) is 5.69. The highest BCUT2D eigenvalue weighted by Gasteiger charge is 2.17. The number of aryl methyl sites for hydroxylation is 2. The summed E-state index contributed by atoms with van der Waals surface area (Å²) in [5.41, 5.74) is 2.67. The Labute approximate surface area is 108 Å². The molecule has 0 aliphatic rings. The predicted octanol–water partition coefficient (Wildman–Crippen LogP) is 2.23. The number of aromatic nitrogens is 3. The van der Waals surface area contributed by atoms with Crippen LogP contribution in [0.15, 0.2) is 28.8 Å². The van der Waals surface area contributed by atoms with Crippen LogP contribution in [0.5, 0.6) is 0 Å². The first kappa shape index (κ1) is 11.5. The summed E-state index contributed by atoms with van der Waals surface area (Å²) >= 11 is 0. The fourth-order valence-electron chi connectivity index (χ4n) is 2.05. The number of aromatic carboxylic acids is 1. The van der Waals surface area contributed by atoms with Crippen LogP contribution in [0.25, 0.3) is 22.4 Å². The van der Waals surface area contributed by atoms with Crippen molar-refractivity contribution in [2.45, 2.75) is 6.92 Å². The van der Waals surface area contributed by atoms with Crippen LogP contribution in [0.2, 0.25) is 0 Å². The number of benzene rings is 1. The van der Waals surface area contributed by atoms with E-state index >= 15 is 0 Å². The van der Waals surface area contributed by atoms with E-state index in [1.807, 2.05) is 0 Å². The van der Waals surface area contributed by atoms with E-state index in [1.54, 1.807) is 32.2 Å². The topological polar surface area (TPSA) is 81.2 Å². The molecule has 0 saturated heterocycles. The Morgan fingerprint density at radius 3 is 2.95 bits per heavy atom. The number of nitrogens with zero attached hydrogens (tertiary/aromatic N) is 3. The minimum atomic E-state index is -1.00. The molecule has 0 amide bonds. The normalized spacial score (nSPS) is 11.1. The number of hydrogen-bond donors (Lipinski definition) is 1. The molecule has 0 radical (unpaired) electrons. The smallest absolute Gasteiger partial charge is 0.339 e. The molecule has 19 heavy (non-hydrogen) atoms. The van der Waals surface area contributed by atoms with Crippen molar-refractivity contribution in [3.05, 3.63) is 35.9 Å². The highest BCUT2D eigenvalue weighted by Crippen LogP contribution is 2.26. The molecule has 0 spiro atoms. The zero-order valence-corrected chi connectivity index (χ0v) is 10.4. The third kappa shape index (κ3) is 1.87. The van der Waals surface area contributed by atoms with Crippen molar-refractivity contribution in [2.75, 3.05) is 0 Å². The van der Waals surface area contributed by atoms with Gasteiger partial charge in [0.2, 0.25) is 0 Å². The Morgan fingerprint density at radius 2 is 2.21 bits per heavy atom. The molecule has 0 saturated carbocycles. The van der Waals surface area contributed by atoms with E-state index in [0.29, 0.717) is 28.2 Å². The summed E-state index contributed by atoms with van der Waals surface area (Å²) in [5, 5.41) is 13.4. The molecule has 1 N–H and O–H groups in total. The van der Waals surface area contributed by atoms with Crippen molar-refractivity contribution in [2.24, 2.45) is 7.05 Å². The second-order valence-electron chi connectivity index (χ2n) is 4.29. The maximum Gasteiger partial charge on any atom is 0.339 e. The van der Waals surface area contributed by atoms with Gasteiger partial charge in [-0.25, -0.2) is 9.78 Å². The fourth-order valence-corrected chi connectivity index (χ4v) is 2.05. The molecule has 2 heterocycles. The summed E-state index contributed by atoms with van der Waals surface area (Å²) in [6.07, 6.45) is 1.48. The number of fused-ring (bicyclic) bond motifs is 1. The van der Waals surface area contributed by atoms with Gasteiger partial charge in [-0.3, -0.25) is 4.68 Å². The van der Waals surface area contributed by atoms with Gasteiger partial charge in [-0.15, -0.1) is 0 Å². The van der Waals surface area contributed by atoms with Gasteiger partial charge >= 0.3 is 5.97 Å². The molecule has 3 aromatic rings. The molecule has 0 aliphatic carbocycles. The Kier molecular flexibility index (Phi) is 2.38.